The van der Waals surface area contributed by atoms with Gasteiger partial charge in [-0.15, -0.1) is 0 Å². The zero-order valence-corrected chi connectivity index (χ0v) is 12.2. The van der Waals surface area contributed by atoms with Crippen molar-refractivity contribution < 1.29 is 17.5 Å². The van der Waals surface area contributed by atoms with Gasteiger partial charge in [0.05, 0.1) is 18.0 Å². The smallest absolute Gasteiger partial charge is 0.266 e. The molecule has 0 aliphatic carbocycles. The van der Waals surface area contributed by atoms with Crippen molar-refractivity contribution in [2.75, 3.05) is 17.1 Å². The van der Waals surface area contributed by atoms with Crippen molar-refractivity contribution in [3.63, 3.8) is 0 Å². The van der Waals surface area contributed by atoms with Gasteiger partial charge in [0, 0.05) is 6.07 Å². The number of hydrogen-bond donors (Lipinski definition) is 2. The fraction of sp³-hybridized carbons (Fsp3) is 0.143. The van der Waals surface area contributed by atoms with E-state index in [9.17, 15) is 12.8 Å². The largest absolute Gasteiger partial charge is 0.494 e. The molecule has 2 aromatic carbocycles. The minimum atomic E-state index is -4.11. The molecule has 0 unspecified atom stereocenters. The van der Waals surface area contributed by atoms with Crippen LogP contribution in [0.25, 0.3) is 0 Å². The molecular formula is C14H15FN2O3S. The summed E-state index contributed by atoms with van der Waals surface area (Å²) in [5, 5.41) is 0. The number of anilines is 2. The van der Waals surface area contributed by atoms with E-state index in [-0.39, 0.29) is 11.4 Å². The lowest BCUT2D eigenvalue weighted by molar-refractivity contribution is 0.340. The highest BCUT2D eigenvalue weighted by atomic mass is 32.2. The summed E-state index contributed by atoms with van der Waals surface area (Å²) in [6, 6.07) is 10.1. The van der Waals surface area contributed by atoms with Crippen LogP contribution in [0.1, 0.15) is 6.92 Å². The average Bonchev–Trinajstić information content (AvgIpc) is 2.38. The van der Waals surface area contributed by atoms with Gasteiger partial charge in [-0.1, -0.05) is 12.1 Å². The normalized spacial score (nSPS) is 11.1. The van der Waals surface area contributed by atoms with Crippen LogP contribution in [0.2, 0.25) is 0 Å². The van der Waals surface area contributed by atoms with E-state index < -0.39 is 20.7 Å². The van der Waals surface area contributed by atoms with E-state index in [0.29, 0.717) is 12.4 Å². The third-order valence-electron chi connectivity index (χ3n) is 2.66. The van der Waals surface area contributed by atoms with E-state index in [0.717, 1.165) is 6.07 Å². The van der Waals surface area contributed by atoms with Crippen LogP contribution < -0.4 is 15.2 Å². The zero-order valence-electron chi connectivity index (χ0n) is 11.3. The molecule has 0 amide bonds. The van der Waals surface area contributed by atoms with E-state index in [4.69, 9.17) is 10.5 Å². The second-order valence-corrected chi connectivity index (χ2v) is 5.84. The van der Waals surface area contributed by atoms with Crippen LogP contribution in [-0.2, 0) is 10.0 Å². The fourth-order valence-corrected chi connectivity index (χ4v) is 3.07. The molecule has 7 heteroatoms. The Labute approximate surface area is 122 Å². The minimum Gasteiger partial charge on any atom is -0.494 e. The summed E-state index contributed by atoms with van der Waals surface area (Å²) >= 11 is 0. The fourth-order valence-electron chi connectivity index (χ4n) is 1.83. The first-order valence-corrected chi connectivity index (χ1v) is 7.72. The van der Waals surface area contributed by atoms with Crippen LogP contribution in [0, 0.1) is 5.82 Å². The average molecular weight is 310 g/mol. The molecule has 0 saturated carbocycles. The van der Waals surface area contributed by atoms with Crippen molar-refractivity contribution in [3.8, 4) is 5.75 Å². The minimum absolute atomic E-state index is 0.150. The molecule has 0 bridgehead atoms. The first kappa shape index (κ1) is 15.1. The Bertz CT molecular complexity index is 727. The maximum Gasteiger partial charge on any atom is 0.266 e. The summed E-state index contributed by atoms with van der Waals surface area (Å²) in [7, 11) is -4.11. The summed E-state index contributed by atoms with van der Waals surface area (Å²) in [5.74, 6) is -0.386. The monoisotopic (exact) mass is 310 g/mol. The highest BCUT2D eigenvalue weighted by molar-refractivity contribution is 7.92. The second-order valence-electron chi connectivity index (χ2n) is 4.22. The summed E-state index contributed by atoms with van der Waals surface area (Å²) < 4.78 is 45.8. The third kappa shape index (κ3) is 3.43. The molecule has 0 atom stereocenters. The Morgan fingerprint density at radius 3 is 2.62 bits per heavy atom. The first-order valence-electron chi connectivity index (χ1n) is 6.23. The van der Waals surface area contributed by atoms with Crippen molar-refractivity contribution in [1.82, 2.24) is 0 Å². The van der Waals surface area contributed by atoms with Gasteiger partial charge in [-0.2, -0.15) is 0 Å². The molecule has 0 aromatic heterocycles. The molecular weight excluding hydrogens is 295 g/mol. The molecule has 5 nitrogen and oxygen atoms in total. The third-order valence-corrected chi connectivity index (χ3v) is 4.14. The number of ether oxygens (including phenoxy) is 1. The molecule has 2 aromatic rings. The van der Waals surface area contributed by atoms with E-state index >= 15 is 0 Å². The van der Waals surface area contributed by atoms with E-state index in [2.05, 4.69) is 4.72 Å². The number of nitrogens with two attached hydrogens (primary N) is 1. The Kier molecular flexibility index (Phi) is 4.32. The predicted molar refractivity (Wildman–Crippen MR) is 79.2 cm³/mol. The van der Waals surface area contributed by atoms with Crippen molar-refractivity contribution in [1.29, 1.82) is 0 Å². The van der Waals surface area contributed by atoms with E-state index in [1.54, 1.807) is 12.1 Å². The highest BCUT2D eigenvalue weighted by Gasteiger charge is 2.22. The van der Waals surface area contributed by atoms with Crippen LogP contribution in [-0.4, -0.2) is 15.0 Å². The first-order chi connectivity index (χ1) is 9.94. The summed E-state index contributed by atoms with van der Waals surface area (Å²) in [6.07, 6.45) is 0. The maximum absolute atomic E-state index is 13.7. The van der Waals surface area contributed by atoms with Gasteiger partial charge in [-0.25, -0.2) is 12.8 Å². The van der Waals surface area contributed by atoms with Crippen LogP contribution in [0.15, 0.2) is 47.4 Å². The molecule has 0 aliphatic heterocycles. The van der Waals surface area contributed by atoms with Crippen LogP contribution >= 0.6 is 0 Å². The Balaban J connectivity index is 2.36. The lowest BCUT2D eigenvalue weighted by Crippen LogP contribution is -2.16. The van der Waals surface area contributed by atoms with Gasteiger partial charge in [0.15, 0.2) is 0 Å². The van der Waals surface area contributed by atoms with Gasteiger partial charge < -0.3 is 10.5 Å². The van der Waals surface area contributed by atoms with Crippen molar-refractivity contribution in [3.05, 3.63) is 48.3 Å². The molecule has 0 aliphatic rings. The molecule has 0 heterocycles. The number of rotatable bonds is 5. The topological polar surface area (TPSA) is 81.4 Å². The Hall–Kier alpha value is -2.28. The summed E-state index contributed by atoms with van der Waals surface area (Å²) in [5.41, 5.74) is 5.67. The molecule has 21 heavy (non-hydrogen) atoms. The summed E-state index contributed by atoms with van der Waals surface area (Å²) in [6.45, 7) is 2.27. The van der Waals surface area contributed by atoms with Gasteiger partial charge in [0.2, 0.25) is 0 Å². The van der Waals surface area contributed by atoms with Gasteiger partial charge in [0.1, 0.15) is 16.5 Å². The van der Waals surface area contributed by atoms with Gasteiger partial charge >= 0.3 is 0 Å². The number of nitrogen functional groups attached to an aromatic ring is 1. The maximum atomic E-state index is 13.7. The molecule has 0 spiro atoms. The molecule has 2 rings (SSSR count). The van der Waals surface area contributed by atoms with Crippen LogP contribution in [0.5, 0.6) is 5.75 Å². The number of halogens is 1. The Morgan fingerprint density at radius 1 is 1.24 bits per heavy atom. The van der Waals surface area contributed by atoms with Crippen molar-refractivity contribution in [2.45, 2.75) is 11.8 Å². The van der Waals surface area contributed by atoms with Gasteiger partial charge in [-0.05, 0) is 31.2 Å². The summed E-state index contributed by atoms with van der Waals surface area (Å²) in [4.78, 5) is -0.563. The molecule has 112 valence electrons. The highest BCUT2D eigenvalue weighted by Crippen LogP contribution is 2.25. The predicted octanol–water partition coefficient (Wildman–Crippen LogP) is 2.61. The Morgan fingerprint density at radius 2 is 1.95 bits per heavy atom. The quantitative estimate of drug-likeness (QED) is 0.832. The van der Waals surface area contributed by atoms with Gasteiger partial charge in [0.25, 0.3) is 10.0 Å². The molecule has 0 fully saturated rings. The van der Waals surface area contributed by atoms with E-state index in [1.165, 1.54) is 24.3 Å². The molecule has 3 N–H and O–H groups in total. The van der Waals surface area contributed by atoms with Crippen LogP contribution in [0.3, 0.4) is 0 Å². The number of nitrogens with one attached hydrogen (secondary N) is 1. The SMILES string of the molecule is CCOc1cccc(NS(=O)(=O)c2c(N)cccc2F)c1. The second kappa shape index (κ2) is 6.01. The lowest BCUT2D eigenvalue weighted by atomic mass is 10.3. The van der Waals surface area contributed by atoms with Gasteiger partial charge in [-0.3, -0.25) is 4.72 Å². The molecule has 0 saturated heterocycles. The number of hydrogen-bond acceptors (Lipinski definition) is 4. The van der Waals surface area contributed by atoms with Crippen LogP contribution in [0.4, 0.5) is 15.8 Å². The number of benzene rings is 2. The standard InChI is InChI=1S/C14H15FN2O3S/c1-2-20-11-6-3-5-10(9-11)17-21(18,19)14-12(15)7-4-8-13(14)16/h3-9,17H,2,16H2,1H3. The van der Waals surface area contributed by atoms with Crippen molar-refractivity contribution in [2.24, 2.45) is 0 Å². The van der Waals surface area contributed by atoms with Crippen molar-refractivity contribution >= 4 is 21.4 Å². The lowest BCUT2D eigenvalue weighted by Gasteiger charge is -2.12. The molecule has 0 radical (unpaired) electrons. The zero-order chi connectivity index (χ0) is 15.5. The van der Waals surface area contributed by atoms with E-state index in [1.807, 2.05) is 6.92 Å². The number of sulfonamides is 1.